The van der Waals surface area contributed by atoms with Gasteiger partial charge >= 0.3 is 0 Å². The first-order chi connectivity index (χ1) is 6.25. The van der Waals surface area contributed by atoms with Gasteiger partial charge in [0.1, 0.15) is 11.6 Å². The number of carbonyl (C=O) groups is 1. The molecular weight excluding hydrogens is 167 g/mol. The van der Waals surface area contributed by atoms with Crippen molar-refractivity contribution in [2.45, 2.75) is 18.8 Å². The maximum Gasteiger partial charge on any atom is 0.137 e. The van der Waals surface area contributed by atoms with Gasteiger partial charge in [-0.15, -0.1) is 0 Å². The van der Waals surface area contributed by atoms with Crippen molar-refractivity contribution in [2.24, 2.45) is 5.92 Å². The van der Waals surface area contributed by atoms with Crippen molar-refractivity contribution in [3.63, 3.8) is 0 Å². The Kier molecular flexibility index (Phi) is 1.22. The average Bonchev–Trinajstić information content (AvgIpc) is 2.39. The Bertz CT molecular complexity index is 397. The lowest BCUT2D eigenvalue weighted by atomic mass is 9.73. The van der Waals surface area contributed by atoms with E-state index in [4.69, 9.17) is 0 Å². The van der Waals surface area contributed by atoms with Crippen LogP contribution in [0.1, 0.15) is 23.5 Å². The van der Waals surface area contributed by atoms with Gasteiger partial charge in [-0.05, 0) is 29.7 Å². The monoisotopic (exact) mass is 176 g/mol. The first kappa shape index (κ1) is 7.25. The Hall–Kier alpha value is -1.18. The van der Waals surface area contributed by atoms with Crippen molar-refractivity contribution in [2.75, 3.05) is 0 Å². The molecule has 13 heavy (non-hydrogen) atoms. The minimum atomic E-state index is -0.188. The molecule has 3 rings (SSSR count). The molecular formula is C11H9FO. The molecule has 1 fully saturated rings. The average molecular weight is 176 g/mol. The zero-order valence-corrected chi connectivity index (χ0v) is 7.09. The van der Waals surface area contributed by atoms with E-state index in [1.54, 1.807) is 6.07 Å². The van der Waals surface area contributed by atoms with Crippen molar-refractivity contribution in [3.8, 4) is 0 Å². The number of hydrogen-bond donors (Lipinski definition) is 0. The van der Waals surface area contributed by atoms with E-state index in [0.29, 0.717) is 18.1 Å². The molecule has 2 atom stereocenters. The van der Waals surface area contributed by atoms with Crippen LogP contribution >= 0.6 is 0 Å². The summed E-state index contributed by atoms with van der Waals surface area (Å²) in [5.41, 5.74) is 2.24. The lowest BCUT2D eigenvalue weighted by Crippen LogP contribution is -2.31. The van der Waals surface area contributed by atoms with E-state index >= 15 is 0 Å². The number of fused-ring (bicyclic) bond motifs is 3. The van der Waals surface area contributed by atoms with E-state index in [9.17, 15) is 9.18 Å². The van der Waals surface area contributed by atoms with Crippen LogP contribution in [0.2, 0.25) is 0 Å². The minimum Gasteiger partial charge on any atom is -0.299 e. The summed E-state index contributed by atoms with van der Waals surface area (Å²) in [4.78, 5) is 11.2. The van der Waals surface area contributed by atoms with Gasteiger partial charge in [0.15, 0.2) is 0 Å². The summed E-state index contributed by atoms with van der Waals surface area (Å²) in [7, 11) is 0. The summed E-state index contributed by atoms with van der Waals surface area (Å²) < 4.78 is 12.8. The van der Waals surface area contributed by atoms with Crippen LogP contribution in [0.5, 0.6) is 0 Å². The second-order valence-corrected chi connectivity index (χ2v) is 3.93. The van der Waals surface area contributed by atoms with E-state index in [-0.39, 0.29) is 11.7 Å². The Morgan fingerprint density at radius 1 is 1.23 bits per heavy atom. The molecule has 1 aromatic rings. The van der Waals surface area contributed by atoms with Crippen molar-refractivity contribution < 1.29 is 9.18 Å². The Morgan fingerprint density at radius 2 is 2.08 bits per heavy atom. The topological polar surface area (TPSA) is 17.1 Å². The zero-order chi connectivity index (χ0) is 9.00. The molecule has 1 nitrogen and oxygen atoms in total. The molecule has 0 N–H and O–H groups in total. The number of halogens is 1. The molecule has 2 aliphatic carbocycles. The lowest BCUT2D eigenvalue weighted by Gasteiger charge is -2.28. The molecule has 0 radical (unpaired) electrons. The van der Waals surface area contributed by atoms with E-state index in [0.717, 1.165) is 12.0 Å². The van der Waals surface area contributed by atoms with Crippen LogP contribution < -0.4 is 0 Å². The molecule has 0 spiro atoms. The van der Waals surface area contributed by atoms with Gasteiger partial charge in [0, 0.05) is 18.3 Å². The van der Waals surface area contributed by atoms with Crippen molar-refractivity contribution >= 4 is 5.78 Å². The highest BCUT2D eigenvalue weighted by molar-refractivity contribution is 5.91. The molecule has 2 aliphatic rings. The van der Waals surface area contributed by atoms with Gasteiger partial charge in [-0.2, -0.15) is 0 Å². The van der Waals surface area contributed by atoms with Crippen LogP contribution in [0.15, 0.2) is 18.2 Å². The Balaban J connectivity index is 2.09. The first-order valence-electron chi connectivity index (χ1n) is 4.57. The molecule has 0 aromatic heterocycles. The second kappa shape index (κ2) is 2.19. The summed E-state index contributed by atoms with van der Waals surface area (Å²) in [6.45, 7) is 0. The van der Waals surface area contributed by atoms with Crippen molar-refractivity contribution in [3.05, 3.63) is 35.1 Å². The smallest absolute Gasteiger partial charge is 0.137 e. The molecule has 0 heterocycles. The predicted molar refractivity (Wildman–Crippen MR) is 46.0 cm³/mol. The maximum absolute atomic E-state index is 12.8. The van der Waals surface area contributed by atoms with Gasteiger partial charge in [-0.1, -0.05) is 6.07 Å². The van der Waals surface area contributed by atoms with Crippen LogP contribution in [-0.4, -0.2) is 5.78 Å². The molecule has 0 unspecified atom stereocenters. The predicted octanol–water partition coefficient (Wildman–Crippen LogP) is 2.05. The van der Waals surface area contributed by atoms with Crippen LogP contribution in [-0.2, 0) is 11.2 Å². The quantitative estimate of drug-likeness (QED) is 0.591. The number of Topliss-reactive ketones (excluding diaryl/α,β-unsaturated/α-hetero) is 1. The van der Waals surface area contributed by atoms with Crippen LogP contribution in [0.3, 0.4) is 0 Å². The summed E-state index contributed by atoms with van der Waals surface area (Å²) >= 11 is 0. The fraction of sp³-hybridized carbons (Fsp3) is 0.364. The van der Waals surface area contributed by atoms with Gasteiger partial charge in [0.2, 0.25) is 0 Å². The number of ketones is 1. The summed E-state index contributed by atoms with van der Waals surface area (Å²) in [6, 6.07) is 4.90. The third-order valence-corrected chi connectivity index (χ3v) is 3.26. The largest absolute Gasteiger partial charge is 0.299 e. The normalized spacial score (nSPS) is 29.5. The SMILES string of the molecule is O=C1C[C@H]2c3ccc(F)cc3C[C@@H]12. The van der Waals surface area contributed by atoms with Crippen LogP contribution in [0, 0.1) is 11.7 Å². The summed E-state index contributed by atoms with van der Waals surface area (Å²) in [5.74, 6) is 0.744. The number of rotatable bonds is 0. The molecule has 0 saturated heterocycles. The van der Waals surface area contributed by atoms with E-state index in [2.05, 4.69) is 0 Å². The first-order valence-corrected chi connectivity index (χ1v) is 4.57. The van der Waals surface area contributed by atoms with Gasteiger partial charge in [0.05, 0.1) is 0 Å². The third kappa shape index (κ3) is 0.831. The minimum absolute atomic E-state index is 0.178. The fourth-order valence-corrected chi connectivity index (χ4v) is 2.51. The van der Waals surface area contributed by atoms with Gasteiger partial charge in [0.25, 0.3) is 0 Å². The molecule has 0 amide bonds. The fourth-order valence-electron chi connectivity index (χ4n) is 2.51. The van der Waals surface area contributed by atoms with Crippen molar-refractivity contribution in [1.29, 1.82) is 0 Å². The molecule has 1 saturated carbocycles. The molecule has 0 aliphatic heterocycles. The highest BCUT2D eigenvalue weighted by Crippen LogP contribution is 2.48. The second-order valence-electron chi connectivity index (χ2n) is 3.93. The summed E-state index contributed by atoms with van der Waals surface area (Å²) in [5, 5.41) is 0. The van der Waals surface area contributed by atoms with Crippen molar-refractivity contribution in [1.82, 2.24) is 0 Å². The standard InChI is InChI=1S/C11H9FO/c12-7-1-2-8-6(3-7)4-10-9(8)5-11(10)13/h1-3,9-10H,4-5H2/t9-,10+/m0/s1. The maximum atomic E-state index is 12.8. The number of benzene rings is 1. The van der Waals surface area contributed by atoms with Crippen LogP contribution in [0.25, 0.3) is 0 Å². The van der Waals surface area contributed by atoms with Gasteiger partial charge < -0.3 is 0 Å². The molecule has 1 aromatic carbocycles. The Labute approximate surface area is 75.6 Å². The van der Waals surface area contributed by atoms with E-state index in [1.807, 2.05) is 6.07 Å². The van der Waals surface area contributed by atoms with Crippen LogP contribution in [0.4, 0.5) is 4.39 Å². The Morgan fingerprint density at radius 3 is 2.85 bits per heavy atom. The van der Waals surface area contributed by atoms with Gasteiger partial charge in [-0.25, -0.2) is 4.39 Å². The highest BCUT2D eigenvalue weighted by Gasteiger charge is 2.45. The molecule has 0 bridgehead atoms. The lowest BCUT2D eigenvalue weighted by molar-refractivity contribution is -0.130. The molecule has 66 valence electrons. The highest BCUT2D eigenvalue weighted by atomic mass is 19.1. The van der Waals surface area contributed by atoms with Gasteiger partial charge in [-0.3, -0.25) is 4.79 Å². The van der Waals surface area contributed by atoms with E-state index in [1.165, 1.54) is 11.6 Å². The number of hydrogen-bond acceptors (Lipinski definition) is 1. The zero-order valence-electron chi connectivity index (χ0n) is 7.09. The molecule has 2 heteroatoms. The third-order valence-electron chi connectivity index (χ3n) is 3.26. The number of carbonyl (C=O) groups excluding carboxylic acids is 1. The summed E-state index contributed by atoms with van der Waals surface area (Å²) in [6.07, 6.45) is 1.43. The van der Waals surface area contributed by atoms with E-state index < -0.39 is 0 Å².